The molecule has 2 fully saturated rings. The molecule has 0 radical (unpaired) electrons. The lowest BCUT2D eigenvalue weighted by atomic mass is 9.88. The van der Waals surface area contributed by atoms with Crippen LogP contribution in [-0.2, 0) is 38.3 Å². The summed E-state index contributed by atoms with van der Waals surface area (Å²) >= 11 is 0. The number of nitrogens with zero attached hydrogens (tertiary/aromatic N) is 1. The van der Waals surface area contributed by atoms with Gasteiger partial charge in [0.25, 0.3) is 0 Å². The highest BCUT2D eigenvalue weighted by molar-refractivity contribution is 5.81. The molecule has 2 amide bonds. The molecule has 262 valence electrons. The molecule has 6 atom stereocenters. The summed E-state index contributed by atoms with van der Waals surface area (Å²) in [5, 5.41) is 28.8. The highest BCUT2D eigenvalue weighted by Gasteiger charge is 2.36. The van der Waals surface area contributed by atoms with E-state index in [0.29, 0.717) is 38.9 Å². The number of carbonyl (C=O) groups excluding carboxylic acids is 2. The van der Waals surface area contributed by atoms with Crippen LogP contribution in [0.5, 0.6) is 5.75 Å². The molecule has 0 bridgehead atoms. The van der Waals surface area contributed by atoms with E-state index in [1.165, 1.54) is 0 Å². The lowest BCUT2D eigenvalue weighted by Gasteiger charge is -2.29. The van der Waals surface area contributed by atoms with E-state index < -0.39 is 36.3 Å². The number of rotatable bonds is 15. The summed E-state index contributed by atoms with van der Waals surface area (Å²) in [5.41, 5.74) is 3.81. The van der Waals surface area contributed by atoms with Crippen LogP contribution in [0.2, 0.25) is 0 Å². The minimum atomic E-state index is -1.02. The number of hydrogen-bond donors (Lipinski definition) is 4. The molecule has 0 aromatic heterocycles. The molecule has 3 aromatic carbocycles. The van der Waals surface area contributed by atoms with Gasteiger partial charge in [-0.25, -0.2) is 0 Å². The molecule has 4 N–H and O–H groups in total. The van der Waals surface area contributed by atoms with Crippen molar-refractivity contribution in [2.24, 2.45) is 5.92 Å². The Balaban J connectivity index is 1.16. The lowest BCUT2D eigenvalue weighted by molar-refractivity contribution is -0.132. The molecular formula is C39H49N3O7. The molecule has 0 spiro atoms. The van der Waals surface area contributed by atoms with Crippen LogP contribution in [0.4, 0.5) is 0 Å². The number of amides is 2. The van der Waals surface area contributed by atoms with Gasteiger partial charge in [-0.15, -0.1) is 0 Å². The van der Waals surface area contributed by atoms with Gasteiger partial charge < -0.3 is 35.1 Å². The van der Waals surface area contributed by atoms with Crippen molar-refractivity contribution < 1.29 is 34.0 Å². The van der Waals surface area contributed by atoms with Crippen molar-refractivity contribution in [1.29, 1.82) is 0 Å². The Morgan fingerprint density at radius 3 is 2.41 bits per heavy atom. The second kappa shape index (κ2) is 17.2. The summed E-state index contributed by atoms with van der Waals surface area (Å²) in [6.45, 7) is 5.26. The van der Waals surface area contributed by atoms with E-state index in [-0.39, 0.29) is 18.2 Å². The Morgan fingerprint density at radius 1 is 0.918 bits per heavy atom. The van der Waals surface area contributed by atoms with E-state index in [2.05, 4.69) is 15.5 Å². The van der Waals surface area contributed by atoms with Crippen LogP contribution in [0.3, 0.4) is 0 Å². The number of carbonyl (C=O) groups is 2. The number of ether oxygens (including phenoxy) is 3. The molecule has 2 heterocycles. The third-order valence-electron chi connectivity index (χ3n) is 9.90. The summed E-state index contributed by atoms with van der Waals surface area (Å²) in [6.07, 6.45) is 0.501. The Morgan fingerprint density at radius 2 is 1.65 bits per heavy atom. The van der Waals surface area contributed by atoms with E-state index in [4.69, 9.17) is 14.2 Å². The van der Waals surface area contributed by atoms with Gasteiger partial charge in [-0.05, 0) is 66.5 Å². The smallest absolute Gasteiger partial charge is 0.249 e. The van der Waals surface area contributed by atoms with E-state index in [1.807, 2.05) is 78.9 Å². The second-order valence-corrected chi connectivity index (χ2v) is 13.4. The first-order chi connectivity index (χ1) is 23.9. The van der Waals surface area contributed by atoms with Crippen LogP contribution in [0, 0.1) is 5.92 Å². The predicted molar refractivity (Wildman–Crippen MR) is 185 cm³/mol. The molecule has 3 aliphatic rings. The Labute approximate surface area is 288 Å². The summed E-state index contributed by atoms with van der Waals surface area (Å²) in [5.74, 6) is -0.382. The zero-order valence-electron chi connectivity index (χ0n) is 28.0. The molecule has 1 aliphatic carbocycles. The summed E-state index contributed by atoms with van der Waals surface area (Å²) in [4.78, 5) is 29.6. The van der Waals surface area contributed by atoms with Crippen molar-refractivity contribution in [3.05, 3.63) is 101 Å². The first kappa shape index (κ1) is 35.0. The van der Waals surface area contributed by atoms with Crippen LogP contribution in [-0.4, -0.2) is 97.3 Å². The van der Waals surface area contributed by atoms with E-state index in [9.17, 15) is 19.8 Å². The van der Waals surface area contributed by atoms with Gasteiger partial charge in [-0.3, -0.25) is 14.5 Å². The van der Waals surface area contributed by atoms with Gasteiger partial charge in [0, 0.05) is 38.6 Å². The number of nitrogens with one attached hydrogen (secondary N) is 2. The van der Waals surface area contributed by atoms with Gasteiger partial charge in [-0.2, -0.15) is 0 Å². The zero-order chi connectivity index (χ0) is 34.0. The van der Waals surface area contributed by atoms with Crippen LogP contribution < -0.4 is 15.4 Å². The fourth-order valence-electron chi connectivity index (χ4n) is 7.09. The standard InChI is InChI=1S/C39H49N3O7/c43-34(33(24-27-7-2-1-3-8-27)40-39(46)36-11-6-19-49-36)26-30(38(45)41-37-32-10-5-4-9-29(32)25-35(37)44)23-28-12-14-31(15-13-28)48-22-18-42-16-20-47-21-17-42/h1-5,7-10,12-15,30,33-37,43-44H,6,11,16-26H2,(H,40,46)(H,41,45)/t30-,33+,34+,35-,36+,37+/m1/s1. The Bertz CT molecular complexity index is 1490. The van der Waals surface area contributed by atoms with Gasteiger partial charge in [-0.1, -0.05) is 66.7 Å². The van der Waals surface area contributed by atoms with Gasteiger partial charge in [0.05, 0.1) is 37.5 Å². The third-order valence-corrected chi connectivity index (χ3v) is 9.90. The average molecular weight is 672 g/mol. The number of aliphatic hydroxyl groups is 2. The maximum atomic E-state index is 14.1. The van der Waals surface area contributed by atoms with Crippen LogP contribution in [0.15, 0.2) is 78.9 Å². The number of aliphatic hydroxyl groups excluding tert-OH is 2. The first-order valence-electron chi connectivity index (χ1n) is 17.6. The van der Waals surface area contributed by atoms with Crippen molar-refractivity contribution >= 4 is 11.8 Å². The molecule has 10 heteroatoms. The number of morpholine rings is 1. The van der Waals surface area contributed by atoms with Crippen molar-refractivity contribution in [3.63, 3.8) is 0 Å². The van der Waals surface area contributed by atoms with Gasteiger partial charge in [0.1, 0.15) is 18.5 Å². The average Bonchev–Trinajstić information content (AvgIpc) is 3.78. The molecular weight excluding hydrogens is 622 g/mol. The number of benzene rings is 3. The third kappa shape index (κ3) is 9.67. The van der Waals surface area contributed by atoms with E-state index >= 15 is 0 Å². The molecule has 2 aliphatic heterocycles. The van der Waals surface area contributed by atoms with Gasteiger partial charge in [0.2, 0.25) is 11.8 Å². The van der Waals surface area contributed by atoms with Crippen molar-refractivity contribution in [2.45, 2.75) is 68.9 Å². The minimum Gasteiger partial charge on any atom is -0.492 e. The van der Waals surface area contributed by atoms with Crippen LogP contribution in [0.1, 0.15) is 47.6 Å². The molecule has 0 saturated carbocycles. The van der Waals surface area contributed by atoms with Crippen LogP contribution >= 0.6 is 0 Å². The molecule has 3 aromatic rings. The minimum absolute atomic E-state index is 0.109. The quantitative estimate of drug-likeness (QED) is 0.194. The molecule has 2 saturated heterocycles. The molecule has 6 rings (SSSR count). The first-order valence-corrected chi connectivity index (χ1v) is 17.6. The normalized spacial score (nSPS) is 22.5. The lowest BCUT2D eigenvalue weighted by Crippen LogP contribution is -2.50. The van der Waals surface area contributed by atoms with E-state index in [1.54, 1.807) is 0 Å². The van der Waals surface area contributed by atoms with Gasteiger partial charge in [0.15, 0.2) is 0 Å². The predicted octanol–water partition coefficient (Wildman–Crippen LogP) is 2.99. The molecule has 10 nitrogen and oxygen atoms in total. The van der Waals surface area contributed by atoms with Crippen LogP contribution in [0.25, 0.3) is 0 Å². The molecule has 49 heavy (non-hydrogen) atoms. The zero-order valence-corrected chi connectivity index (χ0v) is 28.0. The van der Waals surface area contributed by atoms with Crippen molar-refractivity contribution in [2.75, 3.05) is 46.1 Å². The largest absolute Gasteiger partial charge is 0.492 e. The number of fused-ring (bicyclic) bond motifs is 1. The Kier molecular flexibility index (Phi) is 12.3. The topological polar surface area (TPSA) is 130 Å². The second-order valence-electron chi connectivity index (χ2n) is 13.4. The maximum absolute atomic E-state index is 14.1. The van der Waals surface area contributed by atoms with E-state index in [0.717, 1.165) is 67.3 Å². The highest BCUT2D eigenvalue weighted by Crippen LogP contribution is 2.32. The maximum Gasteiger partial charge on any atom is 0.249 e. The Hall–Kier alpha value is -3.80. The summed E-state index contributed by atoms with van der Waals surface area (Å²) in [7, 11) is 0. The fraction of sp³-hybridized carbons (Fsp3) is 0.487. The molecule has 0 unspecified atom stereocenters. The highest BCUT2D eigenvalue weighted by atomic mass is 16.5. The summed E-state index contributed by atoms with van der Waals surface area (Å²) in [6, 6.07) is 24.0. The fourth-order valence-corrected chi connectivity index (χ4v) is 7.09. The SMILES string of the molecule is O=C(N[C@H]1c2ccccc2C[C@H]1O)[C@H](Cc1ccc(OCCN2CCOCC2)cc1)C[C@H](O)[C@H](Cc1ccccc1)NC(=O)[C@@H]1CCCO1. The summed E-state index contributed by atoms with van der Waals surface area (Å²) < 4.78 is 17.0. The van der Waals surface area contributed by atoms with Gasteiger partial charge >= 0.3 is 0 Å². The van der Waals surface area contributed by atoms with Crippen molar-refractivity contribution in [3.8, 4) is 5.75 Å². The monoisotopic (exact) mass is 671 g/mol. The number of hydrogen-bond acceptors (Lipinski definition) is 8. The van der Waals surface area contributed by atoms with Crippen molar-refractivity contribution in [1.82, 2.24) is 15.5 Å².